The number of nitrogens with one attached hydrogen (secondary N) is 1. The zero-order valence-corrected chi connectivity index (χ0v) is 32.0. The summed E-state index contributed by atoms with van der Waals surface area (Å²) in [4.78, 5) is 42.8. The van der Waals surface area contributed by atoms with Crippen molar-refractivity contribution >= 4 is 33.7 Å². The topological polar surface area (TPSA) is 206 Å². The molecule has 0 bridgehead atoms. The van der Waals surface area contributed by atoms with Crippen LogP contribution in [0, 0.1) is 13.8 Å². The number of hydrogen-bond donors (Lipinski definition) is 4. The summed E-state index contributed by atoms with van der Waals surface area (Å²) in [5.41, 5.74) is 20.3. The van der Waals surface area contributed by atoms with Crippen molar-refractivity contribution in [1.82, 2.24) is 44.8 Å². The molecule has 1 amide bonds. The molecule has 57 heavy (non-hydrogen) atoms. The van der Waals surface area contributed by atoms with Crippen molar-refractivity contribution in [2.75, 3.05) is 7.05 Å². The minimum absolute atomic E-state index is 0.166. The molecule has 6 aromatic heterocycles. The molecule has 14 heteroatoms. The molecular formula is C43H41N11O3. The minimum Gasteiger partial charge on any atom is -0.478 e. The van der Waals surface area contributed by atoms with Gasteiger partial charge in [0, 0.05) is 52.4 Å². The molecule has 6 N–H and O–H groups in total. The maximum Gasteiger partial charge on any atom is 0.336 e. The number of fused-ring (bicyclic) bond motifs is 2. The molecule has 0 saturated heterocycles. The van der Waals surface area contributed by atoms with Gasteiger partial charge >= 0.3 is 5.97 Å². The van der Waals surface area contributed by atoms with Gasteiger partial charge in [-0.1, -0.05) is 24.3 Å². The molecule has 2 aromatic carbocycles. The van der Waals surface area contributed by atoms with E-state index in [4.69, 9.17) is 11.5 Å². The Hall–Kier alpha value is -7.16. The second-order valence-corrected chi connectivity index (χ2v) is 13.7. The molecule has 0 saturated carbocycles. The number of amides is 1. The third-order valence-electron chi connectivity index (χ3n) is 9.33. The number of aromatic nitrogens is 8. The number of aryl methyl sites for hydroxylation is 2. The van der Waals surface area contributed by atoms with Crippen LogP contribution in [0.1, 0.15) is 69.4 Å². The standard InChI is InChI=1S/C22H22N6O.C21H19N5O2/c1-13-6-4-9-21(26-13)28-20-11-15(19-8-5-7-18(27-19)14(2)23)10-16(22(29)24-3)17(20)12-25-28;1-12-5-3-8-20(24-12)26-19-10-14(9-15(21(27)28)16(19)11-23-26)18-7-4-6-17(25-18)13(2)22/h4-12,14H,23H2,1-3H3,(H,24,29);3-11,13H,22H2,1-2H3,(H,27,28). The van der Waals surface area contributed by atoms with Gasteiger partial charge in [-0.3, -0.25) is 14.8 Å². The molecular weight excluding hydrogens is 719 g/mol. The predicted octanol–water partition coefficient (Wildman–Crippen LogP) is 6.68. The van der Waals surface area contributed by atoms with Crippen molar-refractivity contribution in [3.8, 4) is 34.2 Å². The van der Waals surface area contributed by atoms with Crippen LogP contribution in [0.15, 0.2) is 109 Å². The summed E-state index contributed by atoms with van der Waals surface area (Å²) in [7, 11) is 1.61. The zero-order valence-electron chi connectivity index (χ0n) is 32.0. The lowest BCUT2D eigenvalue weighted by atomic mass is 10.0. The number of rotatable bonds is 8. The zero-order chi connectivity index (χ0) is 40.4. The maximum absolute atomic E-state index is 12.6. The number of aromatic carboxylic acids is 1. The monoisotopic (exact) mass is 759 g/mol. The molecule has 0 aliphatic carbocycles. The molecule has 0 aliphatic heterocycles. The Balaban J connectivity index is 0.000000174. The average molecular weight is 760 g/mol. The van der Waals surface area contributed by atoms with E-state index in [-0.39, 0.29) is 23.6 Å². The molecule has 2 atom stereocenters. The van der Waals surface area contributed by atoms with Crippen molar-refractivity contribution in [3.63, 3.8) is 0 Å². The summed E-state index contributed by atoms with van der Waals surface area (Å²) in [6.45, 7) is 7.58. The number of carbonyl (C=O) groups excluding carboxylic acids is 1. The van der Waals surface area contributed by atoms with Gasteiger partial charge in [-0.25, -0.2) is 24.1 Å². The Morgan fingerprint density at radius 2 is 1.07 bits per heavy atom. The largest absolute Gasteiger partial charge is 0.478 e. The van der Waals surface area contributed by atoms with Crippen molar-refractivity contribution in [2.24, 2.45) is 11.5 Å². The molecule has 8 aromatic rings. The highest BCUT2D eigenvalue weighted by molar-refractivity contribution is 6.08. The molecule has 14 nitrogen and oxygen atoms in total. The molecule has 2 unspecified atom stereocenters. The fraction of sp³-hybridized carbons (Fsp3) is 0.163. The first-order valence-electron chi connectivity index (χ1n) is 18.2. The Morgan fingerprint density at radius 1 is 0.632 bits per heavy atom. The summed E-state index contributed by atoms with van der Waals surface area (Å²) in [6, 6.07) is 29.6. The number of benzene rings is 2. The van der Waals surface area contributed by atoms with E-state index >= 15 is 0 Å². The number of nitrogens with two attached hydrogens (primary N) is 2. The number of hydrogen-bond acceptors (Lipinski definition) is 10. The van der Waals surface area contributed by atoms with E-state index < -0.39 is 5.97 Å². The van der Waals surface area contributed by atoms with Crippen molar-refractivity contribution in [1.29, 1.82) is 0 Å². The number of pyridine rings is 4. The lowest BCUT2D eigenvalue weighted by molar-refractivity contribution is 0.0698. The summed E-state index contributed by atoms with van der Waals surface area (Å²) in [6.07, 6.45) is 3.25. The van der Waals surface area contributed by atoms with Crippen molar-refractivity contribution in [2.45, 2.75) is 39.8 Å². The van der Waals surface area contributed by atoms with E-state index in [0.29, 0.717) is 39.4 Å². The summed E-state index contributed by atoms with van der Waals surface area (Å²) < 4.78 is 3.39. The van der Waals surface area contributed by atoms with Gasteiger partial charge in [0.2, 0.25) is 0 Å². The van der Waals surface area contributed by atoms with E-state index in [1.54, 1.807) is 34.9 Å². The van der Waals surface area contributed by atoms with Crippen LogP contribution in [0.3, 0.4) is 0 Å². The summed E-state index contributed by atoms with van der Waals surface area (Å²) in [5.74, 6) is 0.113. The lowest BCUT2D eigenvalue weighted by Gasteiger charge is -2.11. The van der Waals surface area contributed by atoms with Crippen LogP contribution in [-0.2, 0) is 0 Å². The minimum atomic E-state index is -1.02. The first kappa shape index (κ1) is 38.1. The third kappa shape index (κ3) is 7.85. The van der Waals surface area contributed by atoms with E-state index in [9.17, 15) is 14.7 Å². The highest BCUT2D eigenvalue weighted by Gasteiger charge is 2.19. The second-order valence-electron chi connectivity index (χ2n) is 13.7. The number of carboxylic acid groups (broad SMARTS) is 1. The van der Waals surface area contributed by atoms with Gasteiger partial charge in [0.05, 0.1) is 57.3 Å². The number of carbonyl (C=O) groups is 2. The lowest BCUT2D eigenvalue weighted by Crippen LogP contribution is -2.18. The Labute approximate surface area is 328 Å². The highest BCUT2D eigenvalue weighted by atomic mass is 16.4. The van der Waals surface area contributed by atoms with Gasteiger partial charge in [0.15, 0.2) is 11.6 Å². The smallest absolute Gasteiger partial charge is 0.336 e. The van der Waals surface area contributed by atoms with Gasteiger partial charge in [0.25, 0.3) is 5.91 Å². The molecule has 6 heterocycles. The Kier molecular flexibility index (Phi) is 10.6. The van der Waals surface area contributed by atoms with Crippen LogP contribution in [0.4, 0.5) is 0 Å². The van der Waals surface area contributed by atoms with E-state index in [1.165, 1.54) is 0 Å². The summed E-state index contributed by atoms with van der Waals surface area (Å²) in [5, 5.41) is 22.6. The normalized spacial score (nSPS) is 12.2. The fourth-order valence-corrected chi connectivity index (χ4v) is 6.44. The molecule has 0 aliphatic rings. The van der Waals surface area contributed by atoms with Crippen LogP contribution >= 0.6 is 0 Å². The predicted molar refractivity (Wildman–Crippen MR) is 219 cm³/mol. The Bertz CT molecular complexity index is 2790. The molecule has 8 rings (SSSR count). The van der Waals surface area contributed by atoms with Gasteiger partial charge in [-0.2, -0.15) is 10.2 Å². The van der Waals surface area contributed by atoms with Crippen molar-refractivity contribution < 1.29 is 14.7 Å². The first-order valence-corrected chi connectivity index (χ1v) is 18.2. The van der Waals surface area contributed by atoms with E-state index in [0.717, 1.165) is 44.9 Å². The third-order valence-corrected chi connectivity index (χ3v) is 9.33. The number of carboxylic acids is 1. The second kappa shape index (κ2) is 15.9. The Morgan fingerprint density at radius 3 is 1.49 bits per heavy atom. The van der Waals surface area contributed by atoms with E-state index in [1.807, 2.05) is 119 Å². The molecule has 0 spiro atoms. The quantitative estimate of drug-likeness (QED) is 0.129. The van der Waals surface area contributed by atoms with Gasteiger partial charge in [0.1, 0.15) is 0 Å². The first-order chi connectivity index (χ1) is 27.4. The molecule has 286 valence electrons. The van der Waals surface area contributed by atoms with Crippen molar-refractivity contribution in [3.05, 3.63) is 143 Å². The van der Waals surface area contributed by atoms with Crippen LogP contribution < -0.4 is 16.8 Å². The van der Waals surface area contributed by atoms with Gasteiger partial charge in [-0.05, 0) is 100 Å². The fourth-order valence-electron chi connectivity index (χ4n) is 6.44. The van der Waals surface area contributed by atoms with Crippen LogP contribution in [0.5, 0.6) is 0 Å². The molecule has 0 fully saturated rings. The highest BCUT2D eigenvalue weighted by Crippen LogP contribution is 2.31. The van der Waals surface area contributed by atoms with Crippen LogP contribution in [0.25, 0.3) is 56.0 Å². The summed E-state index contributed by atoms with van der Waals surface area (Å²) >= 11 is 0. The maximum atomic E-state index is 12.6. The van der Waals surface area contributed by atoms with Crippen LogP contribution in [0.2, 0.25) is 0 Å². The van der Waals surface area contributed by atoms with E-state index in [2.05, 4.69) is 35.5 Å². The number of nitrogens with zero attached hydrogens (tertiary/aromatic N) is 8. The van der Waals surface area contributed by atoms with Gasteiger partial charge < -0.3 is 21.9 Å². The van der Waals surface area contributed by atoms with Crippen LogP contribution in [-0.4, -0.2) is 63.5 Å². The molecule has 0 radical (unpaired) electrons. The SMILES string of the molecule is CNC(=O)c1cc(-c2cccc(C(C)N)n2)cc2c1cnn2-c1cccc(C)n1.Cc1cccc(-n2ncc3c(C(=O)O)cc(-c4cccc(C(C)N)n4)cc32)n1. The average Bonchev–Trinajstić information content (AvgIpc) is 3.85. The van der Waals surface area contributed by atoms with Gasteiger partial charge in [-0.15, -0.1) is 0 Å².